The van der Waals surface area contributed by atoms with E-state index < -0.39 is 6.04 Å². The number of furan rings is 1. The zero-order valence-electron chi connectivity index (χ0n) is 15.9. The van der Waals surface area contributed by atoms with Gasteiger partial charge in [-0.25, -0.2) is 0 Å². The van der Waals surface area contributed by atoms with E-state index in [1.807, 2.05) is 36.4 Å². The first kappa shape index (κ1) is 16.4. The molecule has 0 saturated carbocycles. The number of rotatable bonds is 1. The van der Waals surface area contributed by atoms with Gasteiger partial charge in [0.15, 0.2) is 0 Å². The first-order valence-corrected chi connectivity index (χ1v) is 9.74. The molecule has 6 heteroatoms. The van der Waals surface area contributed by atoms with E-state index in [0.717, 1.165) is 38.7 Å². The zero-order chi connectivity index (χ0) is 19.7. The van der Waals surface area contributed by atoms with Crippen LogP contribution in [0.25, 0.3) is 21.9 Å². The fourth-order valence-electron chi connectivity index (χ4n) is 4.91. The van der Waals surface area contributed by atoms with Crippen molar-refractivity contribution < 1.29 is 14.0 Å². The van der Waals surface area contributed by atoms with Crippen molar-refractivity contribution in [1.82, 2.24) is 14.8 Å². The number of aromatic amines is 1. The van der Waals surface area contributed by atoms with Crippen LogP contribution < -0.4 is 0 Å². The highest BCUT2D eigenvalue weighted by Crippen LogP contribution is 2.42. The number of hydrogen-bond donors (Lipinski definition) is 1. The van der Waals surface area contributed by atoms with Crippen LogP contribution in [0.1, 0.15) is 22.9 Å². The monoisotopic (exact) mass is 385 g/mol. The van der Waals surface area contributed by atoms with Crippen molar-refractivity contribution in [3.63, 3.8) is 0 Å². The summed E-state index contributed by atoms with van der Waals surface area (Å²) >= 11 is 0. The second-order valence-corrected chi connectivity index (χ2v) is 7.90. The number of para-hydroxylation sites is 1. The van der Waals surface area contributed by atoms with Gasteiger partial charge < -0.3 is 19.2 Å². The Labute approximate surface area is 166 Å². The molecule has 6 rings (SSSR count). The summed E-state index contributed by atoms with van der Waals surface area (Å²) in [6.45, 7) is 0.106. The Balaban J connectivity index is 1.62. The highest BCUT2D eigenvalue weighted by molar-refractivity contribution is 5.97. The number of nitrogens with zero attached hydrogens (tertiary/aromatic N) is 2. The lowest BCUT2D eigenvalue weighted by atomic mass is 9.86. The summed E-state index contributed by atoms with van der Waals surface area (Å²) in [5, 5.41) is 2.10. The standard InChI is InChI=1S/C23H19N3O3/c1-25-12-20(27)26-18(23(25)28)11-16-15-4-2-3-5-17(15)24-21(16)22(26)14-6-7-19-13(10-14)8-9-29-19/h2-10,18,22,24H,11-12H2,1H3/t18-,22?/m1/s1. The fraction of sp³-hybridized carbons (Fsp3) is 0.217. The Bertz CT molecular complexity index is 1300. The van der Waals surface area contributed by atoms with E-state index in [2.05, 4.69) is 17.1 Å². The minimum absolute atomic E-state index is 0.00470. The molecule has 4 aromatic rings. The third-order valence-electron chi connectivity index (χ3n) is 6.25. The van der Waals surface area contributed by atoms with Crippen LogP contribution in [0.2, 0.25) is 0 Å². The largest absolute Gasteiger partial charge is 0.464 e. The van der Waals surface area contributed by atoms with E-state index >= 15 is 0 Å². The average Bonchev–Trinajstić information content (AvgIpc) is 3.34. The fourth-order valence-corrected chi connectivity index (χ4v) is 4.91. The minimum atomic E-state index is -0.488. The molecule has 0 bridgehead atoms. The molecule has 144 valence electrons. The molecule has 1 N–H and O–H groups in total. The number of benzene rings is 2. The average molecular weight is 385 g/mol. The van der Waals surface area contributed by atoms with Crippen LogP contribution in [0, 0.1) is 0 Å². The third-order valence-corrected chi connectivity index (χ3v) is 6.25. The van der Waals surface area contributed by atoms with Crippen molar-refractivity contribution in [3.05, 3.63) is 71.6 Å². The number of fused-ring (bicyclic) bond motifs is 5. The number of piperazine rings is 1. The van der Waals surface area contributed by atoms with Crippen molar-refractivity contribution in [3.8, 4) is 0 Å². The summed E-state index contributed by atoms with van der Waals surface area (Å²) in [6.07, 6.45) is 2.19. The van der Waals surface area contributed by atoms with E-state index in [9.17, 15) is 9.59 Å². The second-order valence-electron chi connectivity index (χ2n) is 7.90. The highest BCUT2D eigenvalue weighted by Gasteiger charge is 2.47. The molecular formula is C23H19N3O3. The second kappa shape index (κ2) is 5.73. The lowest BCUT2D eigenvalue weighted by molar-refractivity contribution is -0.157. The summed E-state index contributed by atoms with van der Waals surface area (Å²) in [5.41, 5.74) is 4.92. The molecule has 6 nitrogen and oxygen atoms in total. The minimum Gasteiger partial charge on any atom is -0.464 e. The predicted molar refractivity (Wildman–Crippen MR) is 108 cm³/mol. The number of amides is 2. The van der Waals surface area contributed by atoms with E-state index in [-0.39, 0.29) is 24.4 Å². The van der Waals surface area contributed by atoms with Gasteiger partial charge in [-0.05, 0) is 35.4 Å². The first-order valence-electron chi connectivity index (χ1n) is 9.74. The lowest BCUT2D eigenvalue weighted by Gasteiger charge is -2.46. The van der Waals surface area contributed by atoms with E-state index in [4.69, 9.17) is 4.42 Å². The normalized spacial score (nSPS) is 21.7. The number of aromatic nitrogens is 1. The molecular weight excluding hydrogens is 366 g/mol. The third kappa shape index (κ3) is 2.23. The molecule has 2 aliphatic heterocycles. The molecule has 2 atom stereocenters. The zero-order valence-corrected chi connectivity index (χ0v) is 15.9. The van der Waals surface area contributed by atoms with Crippen LogP contribution in [-0.4, -0.2) is 46.2 Å². The van der Waals surface area contributed by atoms with Crippen molar-refractivity contribution in [2.24, 2.45) is 0 Å². The Hall–Kier alpha value is -3.54. The van der Waals surface area contributed by atoms with E-state index in [1.54, 1.807) is 23.1 Å². The first-order chi connectivity index (χ1) is 14.1. The van der Waals surface area contributed by atoms with Gasteiger partial charge in [0.25, 0.3) is 0 Å². The molecule has 1 saturated heterocycles. The Kier molecular flexibility index (Phi) is 3.25. The van der Waals surface area contributed by atoms with Gasteiger partial charge in [-0.2, -0.15) is 0 Å². The molecule has 1 unspecified atom stereocenters. The maximum absolute atomic E-state index is 13.1. The maximum Gasteiger partial charge on any atom is 0.245 e. The van der Waals surface area contributed by atoms with Crippen LogP contribution in [0.4, 0.5) is 0 Å². The molecule has 0 spiro atoms. The highest BCUT2D eigenvalue weighted by atomic mass is 16.3. The van der Waals surface area contributed by atoms with Gasteiger partial charge >= 0.3 is 0 Å². The SMILES string of the molecule is CN1CC(=O)N2C(c3ccc4occc4c3)c3[nH]c4ccccc4c3C[C@@H]2C1=O. The molecule has 0 radical (unpaired) electrons. The van der Waals surface area contributed by atoms with E-state index in [1.165, 1.54) is 0 Å². The molecule has 4 heterocycles. The predicted octanol–water partition coefficient (Wildman–Crippen LogP) is 3.23. The van der Waals surface area contributed by atoms with Gasteiger partial charge in [-0.1, -0.05) is 24.3 Å². The quantitative estimate of drug-likeness (QED) is 0.547. The van der Waals surface area contributed by atoms with E-state index in [0.29, 0.717) is 6.42 Å². The topological polar surface area (TPSA) is 69.6 Å². The number of hydrogen-bond acceptors (Lipinski definition) is 3. The molecule has 2 aromatic heterocycles. The Morgan fingerprint density at radius 1 is 1.10 bits per heavy atom. The van der Waals surface area contributed by atoms with Crippen LogP contribution in [0.15, 0.2) is 59.2 Å². The van der Waals surface area contributed by atoms with Gasteiger partial charge in [0.1, 0.15) is 11.6 Å². The number of likely N-dealkylation sites (N-methyl/N-ethyl adjacent to an activating group) is 1. The summed E-state index contributed by atoms with van der Waals surface area (Å²) in [7, 11) is 1.70. The summed E-state index contributed by atoms with van der Waals surface area (Å²) in [6, 6.07) is 15.2. The van der Waals surface area contributed by atoms with Gasteiger partial charge in [-0.3, -0.25) is 9.59 Å². The molecule has 1 fully saturated rings. The van der Waals surface area contributed by atoms with Crippen LogP contribution in [0.5, 0.6) is 0 Å². The van der Waals surface area contributed by atoms with Gasteiger partial charge in [0.05, 0.1) is 18.8 Å². The number of H-pyrrole nitrogens is 1. The maximum atomic E-state index is 13.1. The van der Waals surface area contributed by atoms with Gasteiger partial charge in [0.2, 0.25) is 11.8 Å². The summed E-state index contributed by atoms with van der Waals surface area (Å²) in [4.78, 5) is 33.0. The summed E-state index contributed by atoms with van der Waals surface area (Å²) < 4.78 is 5.49. The molecule has 0 aliphatic carbocycles. The lowest BCUT2D eigenvalue weighted by Crippen LogP contribution is -2.62. The molecule has 2 amide bonds. The van der Waals surface area contributed by atoms with Crippen LogP contribution in [0.3, 0.4) is 0 Å². The molecule has 29 heavy (non-hydrogen) atoms. The smallest absolute Gasteiger partial charge is 0.245 e. The number of carbonyl (C=O) groups excluding carboxylic acids is 2. The van der Waals surface area contributed by atoms with Crippen molar-refractivity contribution >= 4 is 33.7 Å². The van der Waals surface area contributed by atoms with Crippen molar-refractivity contribution in [2.75, 3.05) is 13.6 Å². The summed E-state index contributed by atoms with van der Waals surface area (Å²) in [5.74, 6) is -0.0337. The van der Waals surface area contributed by atoms with Crippen LogP contribution in [-0.2, 0) is 16.0 Å². The Morgan fingerprint density at radius 2 is 1.97 bits per heavy atom. The molecule has 2 aromatic carbocycles. The number of carbonyl (C=O) groups is 2. The molecule has 2 aliphatic rings. The number of nitrogens with one attached hydrogen (secondary N) is 1. The van der Waals surface area contributed by atoms with Gasteiger partial charge in [0, 0.05) is 35.5 Å². The van der Waals surface area contributed by atoms with Crippen molar-refractivity contribution in [1.29, 1.82) is 0 Å². The Morgan fingerprint density at radius 3 is 2.86 bits per heavy atom. The van der Waals surface area contributed by atoms with Crippen molar-refractivity contribution in [2.45, 2.75) is 18.5 Å². The van der Waals surface area contributed by atoms with Gasteiger partial charge in [-0.15, -0.1) is 0 Å². The van der Waals surface area contributed by atoms with Crippen LogP contribution >= 0.6 is 0 Å².